The minimum Gasteiger partial charge on any atom is -0.321 e. The van der Waals surface area contributed by atoms with E-state index in [0.717, 1.165) is 14.3 Å². The second-order valence-electron chi connectivity index (χ2n) is 3.57. The van der Waals surface area contributed by atoms with Crippen molar-refractivity contribution >= 4 is 40.6 Å². The first-order valence-corrected chi connectivity index (χ1v) is 8.27. The van der Waals surface area contributed by atoms with Gasteiger partial charge in [0.2, 0.25) is 0 Å². The highest BCUT2D eigenvalue weighted by Crippen LogP contribution is 2.36. The molecule has 6 heteroatoms. The molecule has 94 valence electrons. The summed E-state index contributed by atoms with van der Waals surface area (Å²) in [4.78, 5) is 20.0. The molecular formula is C12H10BrO3PS. The molecule has 0 aliphatic heterocycles. The lowest BCUT2D eigenvalue weighted by Crippen LogP contribution is -2.02. The highest BCUT2D eigenvalue weighted by Gasteiger charge is 2.16. The molecule has 2 aromatic rings. The molecule has 0 bridgehead atoms. The Labute approximate surface area is 118 Å². The van der Waals surface area contributed by atoms with Crippen LogP contribution in [0.4, 0.5) is 0 Å². The Morgan fingerprint density at radius 3 is 2.17 bits per heavy atom. The van der Waals surface area contributed by atoms with Gasteiger partial charge in [0.15, 0.2) is 0 Å². The third-order valence-corrected chi connectivity index (χ3v) is 5.25. The van der Waals surface area contributed by atoms with Crippen molar-refractivity contribution in [1.82, 2.24) is 0 Å². The van der Waals surface area contributed by atoms with E-state index < -0.39 is 7.60 Å². The Bertz CT molecular complexity index is 595. The maximum atomic E-state index is 11.0. The van der Waals surface area contributed by atoms with Crippen molar-refractivity contribution in [2.24, 2.45) is 0 Å². The quantitative estimate of drug-likeness (QED) is 0.838. The van der Waals surface area contributed by atoms with Gasteiger partial charge in [-0.25, -0.2) is 0 Å². The number of halogens is 1. The second kappa shape index (κ2) is 5.59. The molecule has 0 heterocycles. The Morgan fingerprint density at radius 2 is 1.61 bits per heavy atom. The van der Waals surface area contributed by atoms with Gasteiger partial charge in [-0.3, -0.25) is 4.57 Å². The van der Waals surface area contributed by atoms with Gasteiger partial charge >= 0.3 is 7.60 Å². The minimum atomic E-state index is -4.15. The summed E-state index contributed by atoms with van der Waals surface area (Å²) < 4.78 is 12.0. The van der Waals surface area contributed by atoms with Crippen LogP contribution in [0, 0.1) is 0 Å². The summed E-state index contributed by atoms with van der Waals surface area (Å²) in [7, 11) is -4.15. The average Bonchev–Trinajstić information content (AvgIpc) is 2.32. The van der Waals surface area contributed by atoms with Crippen LogP contribution < -0.4 is 5.30 Å². The Morgan fingerprint density at radius 1 is 1.00 bits per heavy atom. The van der Waals surface area contributed by atoms with Crippen molar-refractivity contribution < 1.29 is 14.4 Å². The molecule has 0 spiro atoms. The van der Waals surface area contributed by atoms with E-state index in [4.69, 9.17) is 9.79 Å². The van der Waals surface area contributed by atoms with Crippen molar-refractivity contribution in [3.63, 3.8) is 0 Å². The normalized spacial score (nSPS) is 11.5. The monoisotopic (exact) mass is 344 g/mol. The van der Waals surface area contributed by atoms with Gasteiger partial charge in [-0.15, -0.1) is 0 Å². The lowest BCUT2D eigenvalue weighted by atomic mass is 10.4. The van der Waals surface area contributed by atoms with Crippen molar-refractivity contribution in [2.45, 2.75) is 9.79 Å². The maximum absolute atomic E-state index is 11.0. The Hall–Kier alpha value is -0.580. The summed E-state index contributed by atoms with van der Waals surface area (Å²) in [5, 5.41) is 0.0407. The predicted molar refractivity (Wildman–Crippen MR) is 76.4 cm³/mol. The first kappa shape index (κ1) is 13.8. The van der Waals surface area contributed by atoms with Crippen LogP contribution >= 0.6 is 35.3 Å². The van der Waals surface area contributed by atoms with E-state index in [0.29, 0.717) is 0 Å². The number of benzene rings is 2. The van der Waals surface area contributed by atoms with Gasteiger partial charge < -0.3 is 9.79 Å². The lowest BCUT2D eigenvalue weighted by Gasteiger charge is -2.06. The van der Waals surface area contributed by atoms with Gasteiger partial charge in [0.05, 0.1) is 5.30 Å². The molecule has 0 unspecified atom stereocenters. The van der Waals surface area contributed by atoms with E-state index in [9.17, 15) is 4.57 Å². The SMILES string of the molecule is O=P(O)(O)c1ccc(Sc2ccccc2Br)cc1. The largest absolute Gasteiger partial charge is 0.356 e. The van der Waals surface area contributed by atoms with Gasteiger partial charge in [0.1, 0.15) is 0 Å². The number of hydrogen-bond acceptors (Lipinski definition) is 2. The third kappa shape index (κ3) is 3.46. The highest BCUT2D eigenvalue weighted by atomic mass is 79.9. The second-order valence-corrected chi connectivity index (χ2v) is 7.14. The van der Waals surface area contributed by atoms with E-state index in [1.165, 1.54) is 23.9 Å². The fraction of sp³-hybridized carbons (Fsp3) is 0. The zero-order valence-corrected chi connectivity index (χ0v) is 12.5. The molecule has 2 N–H and O–H groups in total. The molecule has 0 saturated heterocycles. The zero-order valence-electron chi connectivity index (χ0n) is 9.15. The van der Waals surface area contributed by atoms with E-state index in [2.05, 4.69) is 15.9 Å². The van der Waals surface area contributed by atoms with Crippen molar-refractivity contribution in [3.8, 4) is 0 Å². The maximum Gasteiger partial charge on any atom is 0.356 e. The summed E-state index contributed by atoms with van der Waals surface area (Å²) in [6.07, 6.45) is 0. The van der Waals surface area contributed by atoms with Gasteiger partial charge in [-0.1, -0.05) is 23.9 Å². The van der Waals surface area contributed by atoms with Crippen LogP contribution in [0.1, 0.15) is 0 Å². The van der Waals surface area contributed by atoms with Crippen LogP contribution in [0.5, 0.6) is 0 Å². The molecule has 0 aliphatic carbocycles. The summed E-state index contributed by atoms with van der Waals surface area (Å²) >= 11 is 4.99. The van der Waals surface area contributed by atoms with Gasteiger partial charge in [0, 0.05) is 14.3 Å². The number of rotatable bonds is 3. The zero-order chi connectivity index (χ0) is 13.2. The van der Waals surface area contributed by atoms with E-state index in [1.807, 2.05) is 24.3 Å². The van der Waals surface area contributed by atoms with Crippen LogP contribution in [0.25, 0.3) is 0 Å². The fourth-order valence-electron chi connectivity index (χ4n) is 1.36. The van der Waals surface area contributed by atoms with Crippen molar-refractivity contribution in [1.29, 1.82) is 0 Å². The summed E-state index contributed by atoms with van der Waals surface area (Å²) in [6, 6.07) is 14.1. The lowest BCUT2D eigenvalue weighted by molar-refractivity contribution is 0.387. The van der Waals surface area contributed by atoms with Gasteiger partial charge in [0.25, 0.3) is 0 Å². The van der Waals surface area contributed by atoms with Crippen LogP contribution in [0.2, 0.25) is 0 Å². The van der Waals surface area contributed by atoms with Crippen LogP contribution in [0.15, 0.2) is 62.8 Å². The molecule has 2 aromatic carbocycles. The van der Waals surface area contributed by atoms with Crippen LogP contribution in [0.3, 0.4) is 0 Å². The molecule has 3 nitrogen and oxygen atoms in total. The van der Waals surface area contributed by atoms with E-state index in [-0.39, 0.29) is 5.30 Å². The molecule has 0 fully saturated rings. The first-order chi connectivity index (χ1) is 8.47. The van der Waals surface area contributed by atoms with E-state index >= 15 is 0 Å². The molecule has 0 saturated carbocycles. The summed E-state index contributed by atoms with van der Waals surface area (Å²) in [5.74, 6) is 0. The fourth-order valence-corrected chi connectivity index (χ4v) is 3.27. The standard InChI is InChI=1S/C12H10BrO3PS/c13-11-3-1-2-4-12(11)18-10-7-5-9(6-8-10)17(14,15)16/h1-8H,(H2,14,15,16). The molecule has 0 radical (unpaired) electrons. The highest BCUT2D eigenvalue weighted by molar-refractivity contribution is 9.10. The third-order valence-electron chi connectivity index (χ3n) is 2.24. The summed E-state index contributed by atoms with van der Waals surface area (Å²) in [5.41, 5.74) is 0. The molecular weight excluding hydrogens is 335 g/mol. The molecule has 0 amide bonds. The predicted octanol–water partition coefficient (Wildman–Crippen LogP) is 3.40. The molecule has 0 aliphatic rings. The Kier molecular flexibility index (Phi) is 4.30. The Balaban J connectivity index is 2.22. The molecule has 0 aromatic heterocycles. The molecule has 0 atom stereocenters. The minimum absolute atomic E-state index is 0.0407. The van der Waals surface area contributed by atoms with Crippen molar-refractivity contribution in [3.05, 3.63) is 53.0 Å². The molecule has 2 rings (SSSR count). The smallest absolute Gasteiger partial charge is 0.321 e. The summed E-state index contributed by atoms with van der Waals surface area (Å²) in [6.45, 7) is 0. The average molecular weight is 345 g/mol. The van der Waals surface area contributed by atoms with E-state index in [1.54, 1.807) is 12.1 Å². The van der Waals surface area contributed by atoms with Crippen LogP contribution in [-0.4, -0.2) is 9.79 Å². The number of hydrogen-bond donors (Lipinski definition) is 2. The van der Waals surface area contributed by atoms with Crippen molar-refractivity contribution in [2.75, 3.05) is 0 Å². The van der Waals surface area contributed by atoms with Crippen LogP contribution in [-0.2, 0) is 4.57 Å². The topological polar surface area (TPSA) is 57.5 Å². The molecule has 18 heavy (non-hydrogen) atoms. The first-order valence-electron chi connectivity index (χ1n) is 5.05. The van der Waals surface area contributed by atoms with Gasteiger partial charge in [-0.05, 0) is 52.3 Å². The van der Waals surface area contributed by atoms with Gasteiger partial charge in [-0.2, -0.15) is 0 Å².